The van der Waals surface area contributed by atoms with Crippen LogP contribution in [0.3, 0.4) is 0 Å². The first-order valence-corrected chi connectivity index (χ1v) is 4.54. The lowest BCUT2D eigenvalue weighted by Gasteiger charge is -1.96. The lowest BCUT2D eigenvalue weighted by Crippen LogP contribution is -2.04. The molecule has 1 N–H and O–H groups in total. The van der Waals surface area contributed by atoms with Crippen molar-refractivity contribution in [2.75, 3.05) is 6.61 Å². The van der Waals surface area contributed by atoms with Crippen molar-refractivity contribution < 1.29 is 9.53 Å². The van der Waals surface area contributed by atoms with Gasteiger partial charge >= 0.3 is 5.97 Å². The van der Waals surface area contributed by atoms with Crippen LogP contribution < -0.4 is 0 Å². The van der Waals surface area contributed by atoms with Crippen LogP contribution in [0.4, 0.5) is 0 Å². The van der Waals surface area contributed by atoms with Crippen LogP contribution in [0, 0.1) is 6.92 Å². The molecule has 0 saturated heterocycles. The summed E-state index contributed by atoms with van der Waals surface area (Å²) in [6.07, 6.45) is 0.932. The molecule has 0 aliphatic carbocycles. The van der Waals surface area contributed by atoms with E-state index in [2.05, 4.69) is 11.9 Å². The van der Waals surface area contributed by atoms with Gasteiger partial charge in [0.2, 0.25) is 0 Å². The highest BCUT2D eigenvalue weighted by atomic mass is 16.5. The Morgan fingerprint density at radius 1 is 1.54 bits per heavy atom. The van der Waals surface area contributed by atoms with E-state index >= 15 is 0 Å². The van der Waals surface area contributed by atoms with E-state index in [0.717, 1.165) is 12.1 Å². The highest BCUT2D eigenvalue weighted by Gasteiger charge is 2.10. The fourth-order valence-corrected chi connectivity index (χ4v) is 1.29. The van der Waals surface area contributed by atoms with Gasteiger partial charge in [-0.05, 0) is 31.9 Å². The number of ether oxygens (including phenoxy) is 1. The molecule has 0 aliphatic rings. The smallest absolute Gasteiger partial charge is 0.354 e. The van der Waals surface area contributed by atoms with E-state index in [4.69, 9.17) is 4.74 Å². The zero-order valence-electron chi connectivity index (χ0n) is 8.31. The van der Waals surface area contributed by atoms with Crippen molar-refractivity contribution in [2.45, 2.75) is 27.2 Å². The molecule has 0 bridgehead atoms. The lowest BCUT2D eigenvalue weighted by molar-refractivity contribution is 0.0520. The Morgan fingerprint density at radius 3 is 2.69 bits per heavy atom. The van der Waals surface area contributed by atoms with Gasteiger partial charge in [-0.3, -0.25) is 0 Å². The number of carbonyl (C=O) groups excluding carboxylic acids is 1. The third-order valence-corrected chi connectivity index (χ3v) is 2.00. The Hall–Kier alpha value is -1.25. The molecule has 0 amide bonds. The molecule has 0 fully saturated rings. The third kappa shape index (κ3) is 2.11. The summed E-state index contributed by atoms with van der Waals surface area (Å²) < 4.78 is 4.87. The standard InChI is InChI=1S/C10H15NO2/c1-4-8-6-9(11-7(8)3)10(12)13-5-2/h6,11H,4-5H2,1-3H3. The quantitative estimate of drug-likeness (QED) is 0.725. The van der Waals surface area contributed by atoms with E-state index in [-0.39, 0.29) is 5.97 Å². The van der Waals surface area contributed by atoms with Gasteiger partial charge in [-0.2, -0.15) is 0 Å². The topological polar surface area (TPSA) is 42.1 Å². The molecule has 1 heterocycles. The van der Waals surface area contributed by atoms with Crippen LogP contribution in [0.1, 0.15) is 35.6 Å². The molecular formula is C10H15NO2. The summed E-state index contributed by atoms with van der Waals surface area (Å²) >= 11 is 0. The van der Waals surface area contributed by atoms with E-state index in [1.807, 2.05) is 13.0 Å². The zero-order valence-corrected chi connectivity index (χ0v) is 8.31. The molecule has 3 nitrogen and oxygen atoms in total. The van der Waals surface area contributed by atoms with Crippen LogP contribution in [0.5, 0.6) is 0 Å². The van der Waals surface area contributed by atoms with Crippen molar-refractivity contribution >= 4 is 5.97 Å². The fraction of sp³-hybridized carbons (Fsp3) is 0.500. The fourth-order valence-electron chi connectivity index (χ4n) is 1.29. The number of hydrogen-bond acceptors (Lipinski definition) is 2. The number of H-pyrrole nitrogens is 1. The van der Waals surface area contributed by atoms with Crippen molar-refractivity contribution in [1.82, 2.24) is 4.98 Å². The maximum absolute atomic E-state index is 11.3. The number of carbonyl (C=O) groups is 1. The summed E-state index contributed by atoms with van der Waals surface area (Å²) in [5.74, 6) is -0.273. The molecule has 0 radical (unpaired) electrons. The second kappa shape index (κ2) is 4.12. The number of rotatable bonds is 3. The Morgan fingerprint density at radius 2 is 2.23 bits per heavy atom. The molecule has 1 aromatic heterocycles. The van der Waals surface area contributed by atoms with Crippen LogP contribution in [-0.2, 0) is 11.2 Å². The number of esters is 1. The molecule has 1 rings (SSSR count). The van der Waals surface area contributed by atoms with Crippen molar-refractivity contribution in [3.8, 4) is 0 Å². The predicted molar refractivity (Wildman–Crippen MR) is 50.9 cm³/mol. The summed E-state index contributed by atoms with van der Waals surface area (Å²) in [4.78, 5) is 14.3. The average Bonchev–Trinajstić information content (AvgIpc) is 2.47. The summed E-state index contributed by atoms with van der Waals surface area (Å²) in [6, 6.07) is 1.85. The zero-order chi connectivity index (χ0) is 9.84. The monoisotopic (exact) mass is 181 g/mol. The van der Waals surface area contributed by atoms with Gasteiger partial charge in [-0.1, -0.05) is 6.92 Å². The first-order chi connectivity index (χ1) is 6.19. The summed E-state index contributed by atoms with van der Waals surface area (Å²) in [7, 11) is 0. The highest BCUT2D eigenvalue weighted by Crippen LogP contribution is 2.11. The highest BCUT2D eigenvalue weighted by molar-refractivity contribution is 5.87. The van der Waals surface area contributed by atoms with Crippen molar-refractivity contribution in [2.24, 2.45) is 0 Å². The number of aromatic nitrogens is 1. The maximum atomic E-state index is 11.3. The van der Waals surface area contributed by atoms with Gasteiger partial charge in [0.05, 0.1) is 6.61 Å². The maximum Gasteiger partial charge on any atom is 0.354 e. The number of aryl methyl sites for hydroxylation is 2. The molecule has 1 aromatic rings. The minimum Gasteiger partial charge on any atom is -0.461 e. The Labute approximate surface area is 78.1 Å². The van der Waals surface area contributed by atoms with E-state index in [1.165, 1.54) is 5.56 Å². The van der Waals surface area contributed by atoms with E-state index in [9.17, 15) is 4.79 Å². The Bertz CT molecular complexity index is 302. The van der Waals surface area contributed by atoms with Crippen molar-refractivity contribution in [3.05, 3.63) is 23.0 Å². The molecule has 0 saturated carbocycles. The molecule has 0 aliphatic heterocycles. The molecule has 0 unspecified atom stereocenters. The lowest BCUT2D eigenvalue weighted by atomic mass is 10.2. The number of aromatic amines is 1. The molecule has 0 aromatic carbocycles. The second-order valence-electron chi connectivity index (χ2n) is 2.91. The van der Waals surface area contributed by atoms with E-state index in [1.54, 1.807) is 6.92 Å². The molecule has 0 atom stereocenters. The largest absolute Gasteiger partial charge is 0.461 e. The Kier molecular flexibility index (Phi) is 3.12. The van der Waals surface area contributed by atoms with Gasteiger partial charge in [-0.25, -0.2) is 4.79 Å². The van der Waals surface area contributed by atoms with Gasteiger partial charge in [0.25, 0.3) is 0 Å². The minimum atomic E-state index is -0.273. The van der Waals surface area contributed by atoms with Crippen LogP contribution in [-0.4, -0.2) is 17.6 Å². The predicted octanol–water partition coefficient (Wildman–Crippen LogP) is 2.06. The van der Waals surface area contributed by atoms with Gasteiger partial charge in [0, 0.05) is 5.69 Å². The first kappa shape index (κ1) is 9.84. The average molecular weight is 181 g/mol. The summed E-state index contributed by atoms with van der Waals surface area (Å²) in [5, 5.41) is 0. The van der Waals surface area contributed by atoms with Gasteiger partial charge in [0.1, 0.15) is 5.69 Å². The van der Waals surface area contributed by atoms with Gasteiger partial charge < -0.3 is 9.72 Å². The second-order valence-corrected chi connectivity index (χ2v) is 2.91. The van der Waals surface area contributed by atoms with Crippen LogP contribution in [0.25, 0.3) is 0 Å². The van der Waals surface area contributed by atoms with Crippen molar-refractivity contribution in [3.63, 3.8) is 0 Å². The molecular weight excluding hydrogens is 166 g/mol. The molecule has 0 spiro atoms. The van der Waals surface area contributed by atoms with E-state index < -0.39 is 0 Å². The molecule has 72 valence electrons. The van der Waals surface area contributed by atoms with Crippen molar-refractivity contribution in [1.29, 1.82) is 0 Å². The molecule has 13 heavy (non-hydrogen) atoms. The number of hydrogen-bond donors (Lipinski definition) is 1. The van der Waals surface area contributed by atoms with Crippen LogP contribution in [0.2, 0.25) is 0 Å². The van der Waals surface area contributed by atoms with E-state index in [0.29, 0.717) is 12.3 Å². The SMILES string of the molecule is CCOC(=O)c1cc(CC)c(C)[nH]1. The number of nitrogens with one attached hydrogen (secondary N) is 1. The van der Waals surface area contributed by atoms with Gasteiger partial charge in [0.15, 0.2) is 0 Å². The van der Waals surface area contributed by atoms with Crippen LogP contribution >= 0.6 is 0 Å². The first-order valence-electron chi connectivity index (χ1n) is 4.54. The molecule has 3 heteroatoms. The Balaban J connectivity index is 2.84. The van der Waals surface area contributed by atoms with Crippen LogP contribution in [0.15, 0.2) is 6.07 Å². The third-order valence-electron chi connectivity index (χ3n) is 2.00. The normalized spacial score (nSPS) is 10.1. The summed E-state index contributed by atoms with van der Waals surface area (Å²) in [5.41, 5.74) is 2.77. The summed E-state index contributed by atoms with van der Waals surface area (Å²) in [6.45, 7) is 6.24. The minimum absolute atomic E-state index is 0.273. The van der Waals surface area contributed by atoms with Gasteiger partial charge in [-0.15, -0.1) is 0 Å².